The van der Waals surface area contributed by atoms with Crippen LogP contribution in [0.2, 0.25) is 0 Å². The van der Waals surface area contributed by atoms with Gasteiger partial charge in [-0.15, -0.1) is 0 Å². The number of aliphatic hydroxyl groups excluding tert-OH is 1. The minimum atomic E-state index is 0.199. The van der Waals surface area contributed by atoms with Crippen molar-refractivity contribution in [3.8, 4) is 5.75 Å². The van der Waals surface area contributed by atoms with E-state index in [1.165, 1.54) is 5.56 Å². The van der Waals surface area contributed by atoms with Crippen LogP contribution in [-0.2, 0) is 6.54 Å². The number of hydrogen-bond donors (Lipinski definition) is 1. The number of rotatable bonds is 7. The number of likely N-dealkylation sites (N-methyl/N-ethyl adjacent to an activating group) is 1. The normalized spacial score (nSPS) is 11.2. The van der Waals surface area contributed by atoms with E-state index >= 15 is 0 Å². The topological polar surface area (TPSA) is 32.7 Å². The summed E-state index contributed by atoms with van der Waals surface area (Å²) in [5.41, 5.74) is 1.22. The summed E-state index contributed by atoms with van der Waals surface area (Å²) in [6.07, 6.45) is 0.199. The van der Waals surface area contributed by atoms with Crippen molar-refractivity contribution in [2.75, 3.05) is 19.7 Å². The highest BCUT2D eigenvalue weighted by Gasteiger charge is 2.04. The summed E-state index contributed by atoms with van der Waals surface area (Å²) in [6.45, 7) is 8.86. The summed E-state index contributed by atoms with van der Waals surface area (Å²) < 4.78 is 5.66. The van der Waals surface area contributed by atoms with Crippen LogP contribution >= 0.6 is 0 Å². The molecule has 96 valence electrons. The highest BCUT2D eigenvalue weighted by Crippen LogP contribution is 2.16. The van der Waals surface area contributed by atoms with Gasteiger partial charge in [0, 0.05) is 13.1 Å². The lowest BCUT2D eigenvalue weighted by Gasteiger charge is -2.19. The molecule has 3 heteroatoms. The first-order valence-corrected chi connectivity index (χ1v) is 6.24. The molecule has 0 saturated carbocycles. The maximum atomic E-state index is 8.95. The number of benzene rings is 1. The van der Waals surface area contributed by atoms with Gasteiger partial charge in [0.1, 0.15) is 5.75 Å². The van der Waals surface area contributed by atoms with E-state index in [9.17, 15) is 0 Å². The summed E-state index contributed by atoms with van der Waals surface area (Å²) in [5, 5.41) is 8.95. The Morgan fingerprint density at radius 2 is 2.12 bits per heavy atom. The smallest absolute Gasteiger partial charge is 0.120 e. The summed E-state index contributed by atoms with van der Waals surface area (Å²) in [7, 11) is 0. The van der Waals surface area contributed by atoms with E-state index in [4.69, 9.17) is 9.84 Å². The van der Waals surface area contributed by atoms with Crippen LogP contribution in [0.15, 0.2) is 24.3 Å². The van der Waals surface area contributed by atoms with Crippen molar-refractivity contribution in [1.29, 1.82) is 0 Å². The molecule has 1 aromatic carbocycles. The van der Waals surface area contributed by atoms with Crippen molar-refractivity contribution in [3.05, 3.63) is 29.8 Å². The van der Waals surface area contributed by atoms with Crippen LogP contribution in [0.25, 0.3) is 0 Å². The fourth-order valence-corrected chi connectivity index (χ4v) is 1.74. The van der Waals surface area contributed by atoms with Gasteiger partial charge >= 0.3 is 0 Å². The minimum Gasteiger partial charge on any atom is -0.491 e. The van der Waals surface area contributed by atoms with Gasteiger partial charge in [0.25, 0.3) is 0 Å². The molecule has 0 saturated heterocycles. The van der Waals surface area contributed by atoms with Crippen LogP contribution in [0.1, 0.15) is 26.3 Å². The van der Waals surface area contributed by atoms with Gasteiger partial charge < -0.3 is 9.84 Å². The first-order chi connectivity index (χ1) is 8.15. The van der Waals surface area contributed by atoms with E-state index in [2.05, 4.69) is 24.0 Å². The van der Waals surface area contributed by atoms with Crippen LogP contribution in [0.5, 0.6) is 5.75 Å². The molecule has 17 heavy (non-hydrogen) atoms. The predicted octanol–water partition coefficient (Wildman–Crippen LogP) is 2.29. The van der Waals surface area contributed by atoms with E-state index in [1.54, 1.807) is 0 Å². The molecule has 0 unspecified atom stereocenters. The number of ether oxygens (including phenoxy) is 1. The first-order valence-electron chi connectivity index (χ1n) is 6.24. The number of nitrogens with zero attached hydrogens (tertiary/aromatic N) is 1. The third-order valence-corrected chi connectivity index (χ3v) is 2.54. The number of hydrogen-bond acceptors (Lipinski definition) is 3. The monoisotopic (exact) mass is 237 g/mol. The second-order valence-electron chi connectivity index (χ2n) is 4.41. The fraction of sp³-hybridized carbons (Fsp3) is 0.571. The van der Waals surface area contributed by atoms with Crippen molar-refractivity contribution in [1.82, 2.24) is 4.90 Å². The third-order valence-electron chi connectivity index (χ3n) is 2.54. The molecule has 0 radical (unpaired) electrons. The molecule has 0 heterocycles. The third kappa shape index (κ3) is 5.20. The summed E-state index contributed by atoms with van der Waals surface area (Å²) >= 11 is 0. The molecule has 0 bridgehead atoms. The van der Waals surface area contributed by atoms with Crippen molar-refractivity contribution in [3.63, 3.8) is 0 Å². The molecule has 0 aliphatic heterocycles. The maximum Gasteiger partial charge on any atom is 0.120 e. The van der Waals surface area contributed by atoms with Crippen LogP contribution in [0, 0.1) is 0 Å². The Morgan fingerprint density at radius 1 is 1.35 bits per heavy atom. The molecule has 1 aromatic rings. The zero-order valence-electron chi connectivity index (χ0n) is 11.0. The molecule has 0 aliphatic rings. The van der Waals surface area contributed by atoms with Crippen molar-refractivity contribution in [2.24, 2.45) is 0 Å². The van der Waals surface area contributed by atoms with Gasteiger partial charge in [0.05, 0.1) is 12.7 Å². The van der Waals surface area contributed by atoms with Crippen LogP contribution < -0.4 is 4.74 Å². The lowest BCUT2D eigenvalue weighted by atomic mass is 10.2. The van der Waals surface area contributed by atoms with Crippen LogP contribution in [-0.4, -0.2) is 35.8 Å². The van der Waals surface area contributed by atoms with E-state index in [0.29, 0.717) is 6.54 Å². The quantitative estimate of drug-likeness (QED) is 0.789. The Bertz CT molecular complexity index is 326. The lowest BCUT2D eigenvalue weighted by molar-refractivity contribution is 0.196. The minimum absolute atomic E-state index is 0.199. The van der Waals surface area contributed by atoms with E-state index in [-0.39, 0.29) is 12.7 Å². The molecule has 0 aromatic heterocycles. The molecular weight excluding hydrogens is 214 g/mol. The SMILES string of the molecule is CCN(CCO)Cc1cccc(OC(C)C)c1. The molecule has 0 aliphatic carbocycles. The molecule has 3 nitrogen and oxygen atoms in total. The van der Waals surface area contributed by atoms with Gasteiger partial charge in [-0.25, -0.2) is 0 Å². The van der Waals surface area contributed by atoms with Gasteiger partial charge in [-0.05, 0) is 38.1 Å². The van der Waals surface area contributed by atoms with Crippen molar-refractivity contribution >= 4 is 0 Å². The number of aliphatic hydroxyl groups is 1. The molecule has 0 fully saturated rings. The molecule has 1 rings (SSSR count). The largest absolute Gasteiger partial charge is 0.491 e. The highest BCUT2D eigenvalue weighted by molar-refractivity contribution is 5.28. The van der Waals surface area contributed by atoms with Crippen molar-refractivity contribution < 1.29 is 9.84 Å². The van der Waals surface area contributed by atoms with Gasteiger partial charge in [0.15, 0.2) is 0 Å². The summed E-state index contributed by atoms with van der Waals surface area (Å²) in [5.74, 6) is 0.914. The van der Waals surface area contributed by atoms with Gasteiger partial charge in [-0.3, -0.25) is 4.90 Å². The Balaban J connectivity index is 2.63. The zero-order valence-corrected chi connectivity index (χ0v) is 11.0. The highest BCUT2D eigenvalue weighted by atomic mass is 16.5. The molecular formula is C14H23NO2. The van der Waals surface area contributed by atoms with Crippen LogP contribution in [0.3, 0.4) is 0 Å². The second-order valence-corrected chi connectivity index (χ2v) is 4.41. The van der Waals surface area contributed by atoms with Gasteiger partial charge in [-0.1, -0.05) is 19.1 Å². The predicted molar refractivity (Wildman–Crippen MR) is 70.2 cm³/mol. The molecule has 0 amide bonds. The molecule has 0 atom stereocenters. The van der Waals surface area contributed by atoms with Gasteiger partial charge in [-0.2, -0.15) is 0 Å². The van der Waals surface area contributed by atoms with E-state index in [1.807, 2.05) is 26.0 Å². The standard InChI is InChI=1S/C14H23NO2/c1-4-15(8-9-16)11-13-6-5-7-14(10-13)17-12(2)3/h5-7,10,12,16H,4,8-9,11H2,1-3H3. The summed E-state index contributed by atoms with van der Waals surface area (Å²) in [6, 6.07) is 8.15. The maximum absolute atomic E-state index is 8.95. The average molecular weight is 237 g/mol. The average Bonchev–Trinajstić information content (AvgIpc) is 2.28. The molecule has 0 spiro atoms. The zero-order chi connectivity index (χ0) is 12.7. The Labute approximate surface area is 104 Å². The van der Waals surface area contributed by atoms with E-state index in [0.717, 1.165) is 18.8 Å². The lowest BCUT2D eigenvalue weighted by Crippen LogP contribution is -2.26. The van der Waals surface area contributed by atoms with Crippen LogP contribution in [0.4, 0.5) is 0 Å². The summed E-state index contributed by atoms with van der Waals surface area (Å²) in [4.78, 5) is 2.20. The molecule has 1 N–H and O–H groups in total. The fourth-order valence-electron chi connectivity index (χ4n) is 1.74. The van der Waals surface area contributed by atoms with E-state index < -0.39 is 0 Å². The first kappa shape index (κ1) is 14.0. The Hall–Kier alpha value is -1.06. The second kappa shape index (κ2) is 7.30. The van der Waals surface area contributed by atoms with Gasteiger partial charge in [0.2, 0.25) is 0 Å². The Morgan fingerprint density at radius 3 is 2.71 bits per heavy atom. The Kier molecular flexibility index (Phi) is 6.01. The van der Waals surface area contributed by atoms with Crippen molar-refractivity contribution in [2.45, 2.75) is 33.4 Å².